The molecule has 1 aromatic carbocycles. The van der Waals surface area contributed by atoms with Gasteiger partial charge >= 0.3 is 0 Å². The van der Waals surface area contributed by atoms with E-state index in [2.05, 4.69) is 20.6 Å². The molecule has 6 nitrogen and oxygen atoms in total. The molecule has 1 aliphatic rings. The van der Waals surface area contributed by atoms with Crippen LogP contribution in [-0.2, 0) is 4.79 Å². The van der Waals surface area contributed by atoms with Crippen LogP contribution in [0.25, 0.3) is 0 Å². The predicted molar refractivity (Wildman–Crippen MR) is 111 cm³/mol. The van der Waals surface area contributed by atoms with E-state index in [0.717, 1.165) is 36.4 Å². The highest BCUT2D eigenvalue weighted by Crippen LogP contribution is 2.22. The maximum Gasteiger partial charge on any atom is 0.230 e. The van der Waals surface area contributed by atoms with E-state index in [4.69, 9.17) is 0 Å². The van der Waals surface area contributed by atoms with Crippen LogP contribution in [0.2, 0.25) is 0 Å². The van der Waals surface area contributed by atoms with Crippen molar-refractivity contribution in [2.45, 2.75) is 42.7 Å². The highest BCUT2D eigenvalue weighted by Gasteiger charge is 2.23. The summed E-state index contributed by atoms with van der Waals surface area (Å²) >= 11 is 1.58. The highest BCUT2D eigenvalue weighted by molar-refractivity contribution is 8.00. The number of carbonyl (C=O) groups is 1. The van der Waals surface area contributed by atoms with Gasteiger partial charge in [0.25, 0.3) is 0 Å². The van der Waals surface area contributed by atoms with E-state index in [1.54, 1.807) is 18.0 Å². The maximum atomic E-state index is 12.2. The van der Waals surface area contributed by atoms with Crippen molar-refractivity contribution in [1.29, 1.82) is 0 Å². The summed E-state index contributed by atoms with van der Waals surface area (Å²) in [6.45, 7) is 0. The molecule has 0 atom stereocenters. The fourth-order valence-corrected chi connectivity index (χ4v) is 3.90. The number of anilines is 2. The molecule has 0 saturated heterocycles. The van der Waals surface area contributed by atoms with Crippen molar-refractivity contribution in [2.24, 2.45) is 0 Å². The zero-order valence-corrected chi connectivity index (χ0v) is 16.7. The molecular weight excluding hydrogens is 358 g/mol. The van der Waals surface area contributed by atoms with Gasteiger partial charge in [-0.1, -0.05) is 18.2 Å². The zero-order valence-electron chi connectivity index (χ0n) is 15.9. The molecule has 1 fully saturated rings. The van der Waals surface area contributed by atoms with Crippen LogP contribution in [0.1, 0.15) is 25.7 Å². The first kappa shape index (κ1) is 19.5. The number of carbonyl (C=O) groups excluding carboxylic acids is 1. The first-order chi connectivity index (χ1) is 13.1. The van der Waals surface area contributed by atoms with E-state index in [-0.39, 0.29) is 11.9 Å². The van der Waals surface area contributed by atoms with Gasteiger partial charge < -0.3 is 15.5 Å². The van der Waals surface area contributed by atoms with Gasteiger partial charge in [0, 0.05) is 37.3 Å². The summed E-state index contributed by atoms with van der Waals surface area (Å²) in [7, 11) is 3.94. The van der Waals surface area contributed by atoms with Gasteiger partial charge in [0.05, 0.1) is 5.75 Å². The van der Waals surface area contributed by atoms with Crippen LogP contribution in [-0.4, -0.2) is 47.8 Å². The third-order valence-electron chi connectivity index (χ3n) is 4.64. The molecular formula is C20H27N5OS. The topological polar surface area (TPSA) is 70.2 Å². The molecule has 144 valence electrons. The molecule has 1 aliphatic carbocycles. The van der Waals surface area contributed by atoms with Gasteiger partial charge in [0.2, 0.25) is 11.9 Å². The first-order valence-electron chi connectivity index (χ1n) is 9.34. The van der Waals surface area contributed by atoms with E-state index in [1.807, 2.05) is 55.4 Å². The van der Waals surface area contributed by atoms with Crippen LogP contribution in [0.15, 0.2) is 47.5 Å². The molecule has 1 saturated carbocycles. The van der Waals surface area contributed by atoms with Crippen LogP contribution >= 0.6 is 11.8 Å². The van der Waals surface area contributed by atoms with Crippen molar-refractivity contribution in [1.82, 2.24) is 15.3 Å². The number of thioether (sulfide) groups is 1. The standard InChI is InChI=1S/C20H27N5OS/c1-25(2)18-12-13-21-20(24-18)23-16-10-8-15(9-11-16)22-19(26)14-27-17-6-4-3-5-7-17/h3-7,12-13,15-16H,8-11,14H2,1-2H3,(H,22,26)(H,21,23,24)/t15-,16+. The second-order valence-electron chi connectivity index (χ2n) is 7.00. The molecule has 2 aromatic rings. The van der Waals surface area contributed by atoms with Crippen LogP contribution in [0.3, 0.4) is 0 Å². The number of benzene rings is 1. The van der Waals surface area contributed by atoms with Crippen molar-refractivity contribution in [3.05, 3.63) is 42.6 Å². The zero-order chi connectivity index (χ0) is 19.1. The van der Waals surface area contributed by atoms with Crippen LogP contribution in [0.4, 0.5) is 11.8 Å². The van der Waals surface area contributed by atoms with Crippen molar-refractivity contribution in [2.75, 3.05) is 30.1 Å². The Labute approximate surface area is 165 Å². The predicted octanol–water partition coefficient (Wildman–Crippen LogP) is 3.17. The Morgan fingerprint density at radius 3 is 2.52 bits per heavy atom. The normalized spacial score (nSPS) is 19.3. The molecule has 0 radical (unpaired) electrons. The molecule has 1 aromatic heterocycles. The van der Waals surface area contributed by atoms with Crippen molar-refractivity contribution < 1.29 is 4.79 Å². The van der Waals surface area contributed by atoms with Gasteiger partial charge in [0.15, 0.2) is 0 Å². The Morgan fingerprint density at radius 1 is 1.11 bits per heavy atom. The summed E-state index contributed by atoms with van der Waals surface area (Å²) in [5, 5.41) is 6.60. The van der Waals surface area contributed by atoms with Crippen molar-refractivity contribution in [3.8, 4) is 0 Å². The Morgan fingerprint density at radius 2 is 1.81 bits per heavy atom. The number of nitrogens with one attached hydrogen (secondary N) is 2. The molecule has 0 unspecified atom stereocenters. The summed E-state index contributed by atoms with van der Waals surface area (Å²) in [5.41, 5.74) is 0. The lowest BCUT2D eigenvalue weighted by Crippen LogP contribution is -2.41. The average molecular weight is 386 g/mol. The molecule has 0 aliphatic heterocycles. The van der Waals surface area contributed by atoms with E-state index in [9.17, 15) is 4.79 Å². The number of amides is 1. The van der Waals surface area contributed by atoms with Gasteiger partial charge in [-0.2, -0.15) is 4.98 Å². The minimum Gasteiger partial charge on any atom is -0.363 e. The molecule has 1 heterocycles. The Bertz CT molecular complexity index is 732. The smallest absolute Gasteiger partial charge is 0.230 e. The number of hydrogen-bond donors (Lipinski definition) is 2. The maximum absolute atomic E-state index is 12.2. The van der Waals surface area contributed by atoms with Gasteiger partial charge in [-0.15, -0.1) is 11.8 Å². The summed E-state index contributed by atoms with van der Waals surface area (Å²) in [6, 6.07) is 12.5. The second kappa shape index (κ2) is 9.60. The number of rotatable bonds is 7. The fraction of sp³-hybridized carbons (Fsp3) is 0.450. The molecule has 0 spiro atoms. The first-order valence-corrected chi connectivity index (χ1v) is 10.3. The number of aromatic nitrogens is 2. The lowest BCUT2D eigenvalue weighted by atomic mass is 9.91. The quantitative estimate of drug-likeness (QED) is 0.714. The lowest BCUT2D eigenvalue weighted by Gasteiger charge is -2.29. The third-order valence-corrected chi connectivity index (χ3v) is 5.65. The van der Waals surface area contributed by atoms with Crippen molar-refractivity contribution in [3.63, 3.8) is 0 Å². The minimum absolute atomic E-state index is 0.113. The largest absolute Gasteiger partial charge is 0.363 e. The van der Waals surface area contributed by atoms with Gasteiger partial charge in [-0.3, -0.25) is 4.79 Å². The van der Waals surface area contributed by atoms with E-state index in [0.29, 0.717) is 17.7 Å². The Hall–Kier alpha value is -2.28. The molecule has 0 bridgehead atoms. The summed E-state index contributed by atoms with van der Waals surface area (Å²) in [6.07, 6.45) is 5.75. The molecule has 3 rings (SSSR count). The second-order valence-corrected chi connectivity index (χ2v) is 8.04. The van der Waals surface area contributed by atoms with Crippen LogP contribution < -0.4 is 15.5 Å². The lowest BCUT2D eigenvalue weighted by molar-refractivity contribution is -0.119. The monoisotopic (exact) mass is 385 g/mol. The summed E-state index contributed by atoms with van der Waals surface area (Å²) < 4.78 is 0. The van der Waals surface area contributed by atoms with E-state index < -0.39 is 0 Å². The summed E-state index contributed by atoms with van der Waals surface area (Å²) in [5.74, 6) is 2.15. The van der Waals surface area contributed by atoms with Gasteiger partial charge in [0.1, 0.15) is 5.82 Å². The van der Waals surface area contributed by atoms with Crippen LogP contribution in [0, 0.1) is 0 Å². The molecule has 2 N–H and O–H groups in total. The fourth-order valence-electron chi connectivity index (χ4n) is 3.17. The third kappa shape index (κ3) is 6.13. The van der Waals surface area contributed by atoms with Gasteiger partial charge in [-0.25, -0.2) is 4.98 Å². The van der Waals surface area contributed by atoms with E-state index in [1.165, 1.54) is 0 Å². The minimum atomic E-state index is 0.113. The Balaban J connectivity index is 1.39. The molecule has 7 heteroatoms. The highest BCUT2D eigenvalue weighted by atomic mass is 32.2. The SMILES string of the molecule is CN(C)c1ccnc(N[C@H]2CC[C@@H](NC(=O)CSc3ccccc3)CC2)n1. The van der Waals surface area contributed by atoms with Crippen LogP contribution in [0.5, 0.6) is 0 Å². The average Bonchev–Trinajstić information content (AvgIpc) is 2.69. The van der Waals surface area contributed by atoms with E-state index >= 15 is 0 Å². The molecule has 27 heavy (non-hydrogen) atoms. The van der Waals surface area contributed by atoms with Crippen molar-refractivity contribution >= 4 is 29.4 Å². The summed E-state index contributed by atoms with van der Waals surface area (Å²) in [4.78, 5) is 24.1. The Kier molecular flexibility index (Phi) is 6.92. The van der Waals surface area contributed by atoms with Gasteiger partial charge in [-0.05, 0) is 43.9 Å². The number of nitrogens with zero attached hydrogens (tertiary/aromatic N) is 3. The number of hydrogen-bond acceptors (Lipinski definition) is 6. The molecule has 1 amide bonds.